The van der Waals surface area contributed by atoms with Crippen LogP contribution < -0.4 is 5.32 Å². The van der Waals surface area contributed by atoms with Crippen LogP contribution in [0.5, 0.6) is 0 Å². The van der Waals surface area contributed by atoms with Gasteiger partial charge in [-0.1, -0.05) is 49.9 Å². The largest absolute Gasteiger partial charge is 0.383 e. The Bertz CT molecular complexity index is 831. The second kappa shape index (κ2) is 9.07. The van der Waals surface area contributed by atoms with Gasteiger partial charge < -0.3 is 15.2 Å². The lowest BCUT2D eigenvalue weighted by molar-refractivity contribution is -0.127. The van der Waals surface area contributed by atoms with Crippen molar-refractivity contribution in [3.8, 4) is 0 Å². The van der Waals surface area contributed by atoms with E-state index < -0.39 is 6.23 Å². The summed E-state index contributed by atoms with van der Waals surface area (Å²) in [4.78, 5) is 15.2. The Kier molecular flexibility index (Phi) is 6.28. The number of benzene rings is 1. The van der Waals surface area contributed by atoms with Gasteiger partial charge in [-0.15, -0.1) is 0 Å². The smallest absolute Gasteiger partial charge is 0.243 e. The number of carbonyl (C=O) groups is 1. The zero-order chi connectivity index (χ0) is 20.2. The third-order valence-corrected chi connectivity index (χ3v) is 6.15. The number of hydrogen-bond acceptors (Lipinski definition) is 5. The minimum absolute atomic E-state index is 0.0965. The highest BCUT2D eigenvalue weighted by atomic mass is 16.5. The number of methoxy groups -OCH3 is 1. The number of nitrogens with zero attached hydrogens (tertiary/aromatic N) is 3. The molecule has 1 fully saturated rings. The topological polar surface area (TPSA) is 79.6 Å². The van der Waals surface area contributed by atoms with Crippen LogP contribution in [0.15, 0.2) is 36.5 Å². The second-order valence-corrected chi connectivity index (χ2v) is 8.09. The van der Waals surface area contributed by atoms with Crippen LogP contribution in [0.3, 0.4) is 0 Å². The average molecular weight is 399 g/mol. The van der Waals surface area contributed by atoms with Crippen molar-refractivity contribution in [3.05, 3.63) is 47.7 Å². The number of ether oxygens (including phenoxy) is 1. The van der Waals surface area contributed by atoms with Crippen LogP contribution in [0.1, 0.15) is 49.5 Å². The first-order valence-corrected chi connectivity index (χ1v) is 10.5. The Balaban J connectivity index is 1.49. The molecule has 2 unspecified atom stereocenters. The lowest BCUT2D eigenvalue weighted by Crippen LogP contribution is -2.44. The van der Waals surface area contributed by atoms with E-state index in [1.54, 1.807) is 17.9 Å². The van der Waals surface area contributed by atoms with E-state index in [0.717, 1.165) is 30.4 Å². The maximum absolute atomic E-state index is 13.3. The highest BCUT2D eigenvalue weighted by Crippen LogP contribution is 2.37. The average Bonchev–Trinajstić information content (AvgIpc) is 3.46. The Morgan fingerprint density at radius 1 is 1.31 bits per heavy atom. The van der Waals surface area contributed by atoms with Crippen LogP contribution in [-0.4, -0.2) is 45.5 Å². The van der Waals surface area contributed by atoms with Crippen molar-refractivity contribution in [3.63, 3.8) is 0 Å². The summed E-state index contributed by atoms with van der Waals surface area (Å²) < 4.78 is 6.83. The van der Waals surface area contributed by atoms with Gasteiger partial charge in [-0.05, 0) is 23.5 Å². The molecule has 7 nitrogen and oxygen atoms in total. The van der Waals surface area contributed by atoms with E-state index in [2.05, 4.69) is 10.4 Å². The Morgan fingerprint density at radius 3 is 2.86 bits per heavy atom. The number of aliphatic hydroxyl groups is 1. The predicted molar refractivity (Wildman–Crippen MR) is 110 cm³/mol. The SMILES string of the molecule is COCCn1ccc(NC(=O)C(CC2CCCC2)N2Cc3ccccc3C2O)n1. The summed E-state index contributed by atoms with van der Waals surface area (Å²) in [5, 5.41) is 18.3. The van der Waals surface area contributed by atoms with E-state index >= 15 is 0 Å². The van der Waals surface area contributed by atoms with Crippen molar-refractivity contribution < 1.29 is 14.6 Å². The van der Waals surface area contributed by atoms with Crippen LogP contribution in [-0.2, 0) is 22.6 Å². The van der Waals surface area contributed by atoms with E-state index in [9.17, 15) is 9.90 Å². The summed E-state index contributed by atoms with van der Waals surface area (Å²) in [6.45, 7) is 1.79. The molecular weight excluding hydrogens is 368 g/mol. The Labute approximate surface area is 171 Å². The molecule has 1 amide bonds. The maximum atomic E-state index is 13.3. The molecule has 156 valence electrons. The minimum atomic E-state index is -0.748. The van der Waals surface area contributed by atoms with Gasteiger partial charge >= 0.3 is 0 Å². The molecule has 0 saturated heterocycles. The first-order chi connectivity index (χ1) is 14.2. The maximum Gasteiger partial charge on any atom is 0.243 e. The summed E-state index contributed by atoms with van der Waals surface area (Å²) in [6, 6.07) is 9.31. The fourth-order valence-corrected chi connectivity index (χ4v) is 4.57. The fraction of sp³-hybridized carbons (Fsp3) is 0.545. The minimum Gasteiger partial charge on any atom is -0.383 e. The monoisotopic (exact) mass is 398 g/mol. The molecule has 2 aliphatic rings. The van der Waals surface area contributed by atoms with Crippen molar-refractivity contribution in [2.75, 3.05) is 19.0 Å². The lowest BCUT2D eigenvalue weighted by Gasteiger charge is -2.31. The van der Waals surface area contributed by atoms with E-state index in [1.807, 2.05) is 35.4 Å². The number of aliphatic hydroxyl groups excluding tert-OH is 1. The zero-order valence-electron chi connectivity index (χ0n) is 17.0. The van der Waals surface area contributed by atoms with Gasteiger partial charge in [0.2, 0.25) is 5.91 Å². The molecule has 2 N–H and O–H groups in total. The molecule has 1 aliphatic carbocycles. The standard InChI is InChI=1S/C22H30N4O3/c1-29-13-12-25-11-10-20(24-25)23-21(27)19(14-16-6-2-3-7-16)26-15-17-8-4-5-9-18(17)22(26)28/h4-5,8-11,16,19,22,28H,2-3,6-7,12-15H2,1H3,(H,23,24,27). The zero-order valence-corrected chi connectivity index (χ0v) is 17.0. The van der Waals surface area contributed by atoms with Crippen molar-refractivity contribution in [1.29, 1.82) is 0 Å². The number of hydrogen-bond donors (Lipinski definition) is 2. The number of amides is 1. The number of carbonyl (C=O) groups excluding carboxylic acids is 1. The molecule has 0 radical (unpaired) electrons. The second-order valence-electron chi connectivity index (χ2n) is 8.09. The van der Waals surface area contributed by atoms with Gasteiger partial charge in [0.1, 0.15) is 6.23 Å². The van der Waals surface area contributed by atoms with Crippen molar-refractivity contribution >= 4 is 11.7 Å². The number of fused-ring (bicyclic) bond motifs is 1. The van der Waals surface area contributed by atoms with E-state index in [0.29, 0.717) is 31.4 Å². The van der Waals surface area contributed by atoms with E-state index in [-0.39, 0.29) is 11.9 Å². The highest BCUT2D eigenvalue weighted by molar-refractivity contribution is 5.94. The van der Waals surface area contributed by atoms with Crippen LogP contribution in [0.25, 0.3) is 0 Å². The molecule has 1 aliphatic heterocycles. The number of anilines is 1. The molecule has 1 aromatic carbocycles. The van der Waals surface area contributed by atoms with Gasteiger partial charge in [-0.2, -0.15) is 5.10 Å². The Morgan fingerprint density at radius 2 is 2.10 bits per heavy atom. The van der Waals surface area contributed by atoms with Crippen LogP contribution in [0, 0.1) is 5.92 Å². The normalized spacial score (nSPS) is 20.7. The predicted octanol–water partition coefficient (Wildman–Crippen LogP) is 2.92. The van der Waals surface area contributed by atoms with Crippen LogP contribution in [0.4, 0.5) is 5.82 Å². The third kappa shape index (κ3) is 4.52. The molecule has 0 spiro atoms. The van der Waals surface area contributed by atoms with Gasteiger partial charge in [0.25, 0.3) is 0 Å². The number of aromatic nitrogens is 2. The Hall–Kier alpha value is -2.22. The van der Waals surface area contributed by atoms with Crippen molar-refractivity contribution in [2.45, 2.75) is 57.5 Å². The summed E-state index contributed by atoms with van der Waals surface area (Å²) >= 11 is 0. The molecule has 2 atom stereocenters. The molecule has 2 heterocycles. The summed E-state index contributed by atoms with van der Waals surface area (Å²) in [5.41, 5.74) is 1.99. The van der Waals surface area contributed by atoms with Gasteiger partial charge in [0, 0.05) is 25.9 Å². The molecule has 29 heavy (non-hydrogen) atoms. The van der Waals surface area contributed by atoms with Crippen molar-refractivity contribution in [2.24, 2.45) is 5.92 Å². The molecule has 2 aromatic rings. The number of nitrogens with one attached hydrogen (secondary N) is 1. The molecule has 4 rings (SSSR count). The number of rotatable bonds is 8. The molecule has 1 saturated carbocycles. The van der Waals surface area contributed by atoms with E-state index in [4.69, 9.17) is 4.74 Å². The van der Waals surface area contributed by atoms with Crippen LogP contribution in [0.2, 0.25) is 0 Å². The van der Waals surface area contributed by atoms with Crippen molar-refractivity contribution in [1.82, 2.24) is 14.7 Å². The van der Waals surface area contributed by atoms with Gasteiger partial charge in [-0.3, -0.25) is 14.4 Å². The fourth-order valence-electron chi connectivity index (χ4n) is 4.57. The van der Waals surface area contributed by atoms with Gasteiger partial charge in [-0.25, -0.2) is 0 Å². The van der Waals surface area contributed by atoms with Gasteiger partial charge in [0.15, 0.2) is 5.82 Å². The van der Waals surface area contributed by atoms with Gasteiger partial charge in [0.05, 0.1) is 19.2 Å². The highest BCUT2D eigenvalue weighted by Gasteiger charge is 2.38. The summed E-state index contributed by atoms with van der Waals surface area (Å²) in [5.74, 6) is 0.968. The third-order valence-electron chi connectivity index (χ3n) is 6.15. The first kappa shape index (κ1) is 20.1. The summed E-state index contributed by atoms with van der Waals surface area (Å²) in [7, 11) is 1.65. The first-order valence-electron chi connectivity index (χ1n) is 10.5. The summed E-state index contributed by atoms with van der Waals surface area (Å²) in [6.07, 6.45) is 6.63. The molecule has 1 aromatic heterocycles. The molecular formula is C22H30N4O3. The molecule has 7 heteroatoms. The molecule has 0 bridgehead atoms. The van der Waals surface area contributed by atoms with Crippen LogP contribution >= 0.6 is 0 Å². The quantitative estimate of drug-likeness (QED) is 0.715. The van der Waals surface area contributed by atoms with E-state index in [1.165, 1.54) is 12.8 Å². The lowest BCUT2D eigenvalue weighted by atomic mass is 9.96.